The predicted molar refractivity (Wildman–Crippen MR) is 120 cm³/mol. The molecule has 0 amide bonds. The highest BCUT2D eigenvalue weighted by molar-refractivity contribution is 7.09. The Labute approximate surface area is 189 Å². The number of pyridine rings is 1. The maximum Gasteiger partial charge on any atom is 0.270 e. The molecule has 3 aromatic rings. The molecular formula is C23H25N4O4S-. The van der Waals surface area contributed by atoms with Crippen molar-refractivity contribution in [2.75, 3.05) is 18.0 Å². The van der Waals surface area contributed by atoms with E-state index in [1.165, 1.54) is 4.40 Å². The van der Waals surface area contributed by atoms with Gasteiger partial charge in [-0.2, -0.15) is 0 Å². The number of thiazole rings is 1. The Morgan fingerprint density at radius 2 is 2.16 bits per heavy atom. The number of carboxylic acids is 1. The Hall–Kier alpha value is -3.07. The zero-order chi connectivity index (χ0) is 22.8. The van der Waals surface area contributed by atoms with Crippen LogP contribution in [0.3, 0.4) is 0 Å². The van der Waals surface area contributed by atoms with Gasteiger partial charge in [0.2, 0.25) is 0 Å². The fraction of sp³-hybridized carbons (Fsp3) is 0.435. The molecule has 4 heterocycles. The number of hydrogen-bond acceptors (Lipinski definition) is 8. The molecule has 0 N–H and O–H groups in total. The lowest BCUT2D eigenvalue weighted by Gasteiger charge is -2.34. The van der Waals surface area contributed by atoms with E-state index in [2.05, 4.69) is 29.2 Å². The van der Waals surface area contributed by atoms with Gasteiger partial charge in [-0.05, 0) is 42.9 Å². The molecule has 4 rings (SSSR count). The topological polar surface area (TPSA) is 108 Å². The van der Waals surface area contributed by atoms with Crippen molar-refractivity contribution in [2.24, 2.45) is 5.92 Å². The van der Waals surface area contributed by atoms with Crippen LogP contribution in [0, 0.1) is 5.92 Å². The standard InChI is InChI=1S/C23H26N4O4S/c1-14(2)18-13-32-20(24-18)6-5-15-7-9-27-19(10-15)25-21(17(12-28)22(27)29)26-8-3-4-16(11-26)23(30)31/h7,9-10,12-14,16H,3-6,8,11H2,1-2H3,(H,30,31)/p-1. The third-order valence-electron chi connectivity index (χ3n) is 5.87. The second-order valence-corrected chi connectivity index (χ2v) is 9.40. The number of aliphatic carboxylic acids is 1. The number of rotatable bonds is 7. The smallest absolute Gasteiger partial charge is 0.270 e. The van der Waals surface area contributed by atoms with Gasteiger partial charge >= 0.3 is 0 Å². The normalized spacial score (nSPS) is 16.6. The van der Waals surface area contributed by atoms with Crippen LogP contribution >= 0.6 is 11.3 Å². The van der Waals surface area contributed by atoms with Crippen molar-refractivity contribution in [3.05, 3.63) is 55.9 Å². The van der Waals surface area contributed by atoms with E-state index in [-0.39, 0.29) is 17.9 Å². The number of carboxylic acid groups (broad SMARTS) is 1. The average molecular weight is 454 g/mol. The lowest BCUT2D eigenvalue weighted by Crippen LogP contribution is -2.45. The second-order valence-electron chi connectivity index (χ2n) is 8.46. The molecule has 0 radical (unpaired) electrons. The Morgan fingerprint density at radius 1 is 1.34 bits per heavy atom. The maximum atomic E-state index is 12.9. The first kappa shape index (κ1) is 22.1. The molecule has 0 saturated carbocycles. The fourth-order valence-corrected chi connectivity index (χ4v) is 4.96. The molecule has 0 aliphatic carbocycles. The number of hydrogen-bond donors (Lipinski definition) is 0. The molecule has 0 bridgehead atoms. The summed E-state index contributed by atoms with van der Waals surface area (Å²) in [5, 5.41) is 14.5. The second kappa shape index (κ2) is 9.20. The number of fused-ring (bicyclic) bond motifs is 1. The lowest BCUT2D eigenvalue weighted by atomic mass is 9.98. The SMILES string of the molecule is CC(C)c1csc(CCc2ccn3c(=O)c(C=O)c(N4CCCC(C(=O)[O-])C4)nc3c2)n1. The maximum absolute atomic E-state index is 12.9. The van der Waals surface area contributed by atoms with Gasteiger partial charge in [-0.25, -0.2) is 9.97 Å². The van der Waals surface area contributed by atoms with E-state index in [0.717, 1.165) is 29.1 Å². The molecule has 0 spiro atoms. The minimum absolute atomic E-state index is 0.0572. The van der Waals surface area contributed by atoms with Crippen LogP contribution in [0.1, 0.15) is 59.2 Å². The third-order valence-corrected chi connectivity index (χ3v) is 6.80. The molecule has 1 saturated heterocycles. The first-order valence-electron chi connectivity index (χ1n) is 10.8. The van der Waals surface area contributed by atoms with Crippen molar-refractivity contribution in [1.29, 1.82) is 0 Å². The van der Waals surface area contributed by atoms with Crippen LogP contribution in [0.2, 0.25) is 0 Å². The van der Waals surface area contributed by atoms with Gasteiger partial charge in [-0.15, -0.1) is 11.3 Å². The zero-order valence-electron chi connectivity index (χ0n) is 18.1. The first-order chi connectivity index (χ1) is 15.4. The quantitative estimate of drug-likeness (QED) is 0.502. The van der Waals surface area contributed by atoms with E-state index in [1.807, 2.05) is 12.1 Å². The molecule has 1 unspecified atom stereocenters. The summed E-state index contributed by atoms with van der Waals surface area (Å²) in [5.41, 5.74) is 2.03. The van der Waals surface area contributed by atoms with Gasteiger partial charge in [0.15, 0.2) is 6.29 Å². The Balaban J connectivity index is 1.64. The number of nitrogens with zero attached hydrogens (tertiary/aromatic N) is 4. The molecule has 1 atom stereocenters. The number of aldehydes is 1. The summed E-state index contributed by atoms with van der Waals surface area (Å²) in [6.07, 6.45) is 4.82. The number of piperidine rings is 1. The molecule has 3 aromatic heterocycles. The Kier molecular flexibility index (Phi) is 6.36. The number of carbonyl (C=O) groups excluding carboxylic acids is 2. The van der Waals surface area contributed by atoms with E-state index < -0.39 is 17.4 Å². The minimum Gasteiger partial charge on any atom is -0.550 e. The molecule has 9 heteroatoms. The van der Waals surface area contributed by atoms with E-state index in [0.29, 0.717) is 37.2 Å². The Bertz CT molecular complexity index is 1220. The van der Waals surface area contributed by atoms with Gasteiger partial charge in [0, 0.05) is 43.0 Å². The lowest BCUT2D eigenvalue weighted by molar-refractivity contribution is -0.311. The molecule has 0 aromatic carbocycles. The van der Waals surface area contributed by atoms with E-state index in [1.54, 1.807) is 22.4 Å². The highest BCUT2D eigenvalue weighted by Gasteiger charge is 2.25. The predicted octanol–water partition coefficient (Wildman–Crippen LogP) is 1.84. The number of anilines is 1. The van der Waals surface area contributed by atoms with Crippen LogP contribution in [-0.4, -0.2) is 39.7 Å². The number of carbonyl (C=O) groups is 2. The third kappa shape index (κ3) is 4.43. The van der Waals surface area contributed by atoms with Gasteiger partial charge in [-0.1, -0.05) is 13.8 Å². The van der Waals surface area contributed by atoms with Crippen molar-refractivity contribution in [2.45, 2.75) is 45.4 Å². The Morgan fingerprint density at radius 3 is 2.84 bits per heavy atom. The number of aromatic nitrogens is 3. The molecular weight excluding hydrogens is 428 g/mol. The summed E-state index contributed by atoms with van der Waals surface area (Å²) in [5.74, 6) is -1.13. The molecule has 1 fully saturated rings. The van der Waals surface area contributed by atoms with Crippen LogP contribution in [0.5, 0.6) is 0 Å². The van der Waals surface area contributed by atoms with Crippen molar-refractivity contribution in [3.8, 4) is 0 Å². The van der Waals surface area contributed by atoms with Gasteiger partial charge in [0.1, 0.15) is 17.0 Å². The van der Waals surface area contributed by atoms with E-state index in [9.17, 15) is 19.5 Å². The molecule has 1 aliphatic heterocycles. The van der Waals surface area contributed by atoms with Crippen LogP contribution in [0.25, 0.3) is 5.65 Å². The van der Waals surface area contributed by atoms with E-state index >= 15 is 0 Å². The van der Waals surface area contributed by atoms with Gasteiger partial charge < -0.3 is 14.8 Å². The van der Waals surface area contributed by atoms with Crippen molar-refractivity contribution < 1.29 is 14.7 Å². The number of aryl methyl sites for hydroxylation is 2. The highest BCUT2D eigenvalue weighted by atomic mass is 32.1. The van der Waals surface area contributed by atoms with Crippen LogP contribution in [0.4, 0.5) is 5.82 Å². The molecule has 168 valence electrons. The van der Waals surface area contributed by atoms with Crippen molar-refractivity contribution in [3.63, 3.8) is 0 Å². The monoisotopic (exact) mass is 453 g/mol. The molecule has 1 aliphatic rings. The summed E-state index contributed by atoms with van der Waals surface area (Å²) < 4.78 is 1.36. The summed E-state index contributed by atoms with van der Waals surface area (Å²) in [6, 6.07) is 3.70. The van der Waals surface area contributed by atoms with Crippen LogP contribution in [-0.2, 0) is 17.6 Å². The van der Waals surface area contributed by atoms with Gasteiger partial charge in [0.25, 0.3) is 5.56 Å². The fourth-order valence-electron chi connectivity index (χ4n) is 4.00. The van der Waals surface area contributed by atoms with Crippen molar-refractivity contribution >= 4 is 35.1 Å². The minimum atomic E-state index is -1.12. The van der Waals surface area contributed by atoms with Crippen molar-refractivity contribution in [1.82, 2.24) is 14.4 Å². The summed E-state index contributed by atoms with van der Waals surface area (Å²) in [6.45, 7) is 4.95. The first-order valence-corrected chi connectivity index (χ1v) is 11.7. The molecule has 32 heavy (non-hydrogen) atoms. The van der Waals surface area contributed by atoms with E-state index in [4.69, 9.17) is 0 Å². The van der Waals surface area contributed by atoms with Crippen LogP contribution < -0.4 is 15.6 Å². The highest BCUT2D eigenvalue weighted by Crippen LogP contribution is 2.24. The van der Waals surface area contributed by atoms with Gasteiger partial charge in [-0.3, -0.25) is 14.0 Å². The summed E-state index contributed by atoms with van der Waals surface area (Å²) >= 11 is 1.65. The summed E-state index contributed by atoms with van der Waals surface area (Å²) in [4.78, 5) is 47.0. The van der Waals surface area contributed by atoms with Gasteiger partial charge in [0.05, 0.1) is 10.7 Å². The zero-order valence-corrected chi connectivity index (χ0v) is 18.9. The molecule has 8 nitrogen and oxygen atoms in total. The summed E-state index contributed by atoms with van der Waals surface area (Å²) in [7, 11) is 0. The largest absolute Gasteiger partial charge is 0.550 e. The average Bonchev–Trinajstić information content (AvgIpc) is 3.27. The van der Waals surface area contributed by atoms with Crippen LogP contribution in [0.15, 0.2) is 28.5 Å².